The van der Waals surface area contributed by atoms with Crippen LogP contribution in [0.3, 0.4) is 0 Å². The average Bonchev–Trinajstić information content (AvgIpc) is 2.56. The van der Waals surface area contributed by atoms with Gasteiger partial charge in [0.25, 0.3) is 5.91 Å². The summed E-state index contributed by atoms with van der Waals surface area (Å²) in [6.45, 7) is 3.06. The smallest absolute Gasteiger partial charge is 0.335 e. The van der Waals surface area contributed by atoms with E-state index in [1.165, 1.54) is 12.1 Å². The Hall–Kier alpha value is -2.69. The number of benzene rings is 1. The number of pyridine rings is 1. The van der Waals surface area contributed by atoms with Crippen LogP contribution in [-0.2, 0) is 6.42 Å². The summed E-state index contributed by atoms with van der Waals surface area (Å²) < 4.78 is 0. The van der Waals surface area contributed by atoms with Crippen molar-refractivity contribution in [3.8, 4) is 0 Å². The van der Waals surface area contributed by atoms with Gasteiger partial charge in [-0.3, -0.25) is 9.78 Å². The first-order chi connectivity index (χ1) is 10.6. The van der Waals surface area contributed by atoms with Crippen molar-refractivity contribution in [3.05, 3.63) is 65.5 Å². The molecule has 1 N–H and O–H groups in total. The Kier molecular flexibility index (Phi) is 5.25. The predicted molar refractivity (Wildman–Crippen MR) is 82.9 cm³/mol. The van der Waals surface area contributed by atoms with Crippen LogP contribution in [-0.4, -0.2) is 40.0 Å². The molecular formula is C17H18N2O3. The Morgan fingerprint density at radius 1 is 1.14 bits per heavy atom. The summed E-state index contributed by atoms with van der Waals surface area (Å²) in [5.41, 5.74) is 1.63. The van der Waals surface area contributed by atoms with Gasteiger partial charge in [-0.2, -0.15) is 0 Å². The van der Waals surface area contributed by atoms with E-state index >= 15 is 0 Å². The second-order valence-electron chi connectivity index (χ2n) is 4.88. The molecule has 1 aromatic carbocycles. The molecule has 2 rings (SSSR count). The monoisotopic (exact) mass is 298 g/mol. The number of rotatable bonds is 6. The predicted octanol–water partition coefficient (Wildman–Crippen LogP) is 2.48. The summed E-state index contributed by atoms with van der Waals surface area (Å²) in [5, 5.41) is 9.01. The van der Waals surface area contributed by atoms with E-state index in [2.05, 4.69) is 4.98 Å². The number of nitrogens with zero attached hydrogens (tertiary/aromatic N) is 2. The molecule has 0 atom stereocenters. The molecule has 1 heterocycles. The van der Waals surface area contributed by atoms with Crippen LogP contribution < -0.4 is 0 Å². The van der Waals surface area contributed by atoms with Crippen LogP contribution in [0.15, 0.2) is 48.8 Å². The van der Waals surface area contributed by atoms with Crippen molar-refractivity contribution < 1.29 is 14.7 Å². The van der Waals surface area contributed by atoms with Crippen molar-refractivity contribution in [1.82, 2.24) is 9.88 Å². The van der Waals surface area contributed by atoms with Crippen LogP contribution in [0.25, 0.3) is 0 Å². The maximum Gasteiger partial charge on any atom is 0.335 e. The molecule has 114 valence electrons. The minimum atomic E-state index is -1.03. The Bertz CT molecular complexity index is 656. The number of carboxylic acid groups (broad SMARTS) is 1. The molecule has 0 aliphatic carbocycles. The molecule has 0 saturated carbocycles. The molecule has 1 aromatic heterocycles. The molecule has 0 aliphatic rings. The fourth-order valence-corrected chi connectivity index (χ4v) is 2.18. The normalized spacial score (nSPS) is 10.2. The molecule has 0 saturated heterocycles. The van der Waals surface area contributed by atoms with Gasteiger partial charge in [-0.05, 0) is 49.2 Å². The van der Waals surface area contributed by atoms with Gasteiger partial charge in [-0.1, -0.05) is 6.07 Å². The van der Waals surface area contributed by atoms with Gasteiger partial charge in [-0.25, -0.2) is 4.79 Å². The number of hydrogen-bond acceptors (Lipinski definition) is 3. The molecule has 2 aromatic rings. The third-order valence-electron chi connectivity index (χ3n) is 3.45. The van der Waals surface area contributed by atoms with Crippen molar-refractivity contribution in [2.45, 2.75) is 13.3 Å². The molecule has 5 heteroatoms. The zero-order valence-electron chi connectivity index (χ0n) is 12.4. The van der Waals surface area contributed by atoms with Crippen molar-refractivity contribution in [2.75, 3.05) is 13.1 Å². The van der Waals surface area contributed by atoms with Crippen molar-refractivity contribution in [3.63, 3.8) is 0 Å². The topological polar surface area (TPSA) is 70.5 Å². The molecule has 1 amide bonds. The van der Waals surface area contributed by atoms with Gasteiger partial charge >= 0.3 is 5.97 Å². The number of amides is 1. The Morgan fingerprint density at radius 2 is 1.82 bits per heavy atom. The molecule has 0 fully saturated rings. The summed E-state index contributed by atoms with van der Waals surface area (Å²) in [5.74, 6) is -1.19. The number of carboxylic acids is 1. The molecule has 0 aliphatic heterocycles. The van der Waals surface area contributed by atoms with Crippen molar-refractivity contribution in [1.29, 1.82) is 0 Å². The second kappa shape index (κ2) is 7.36. The zero-order valence-corrected chi connectivity index (χ0v) is 12.4. The first-order valence-electron chi connectivity index (χ1n) is 7.13. The van der Waals surface area contributed by atoms with E-state index in [1.807, 2.05) is 19.1 Å². The second-order valence-corrected chi connectivity index (χ2v) is 4.88. The lowest BCUT2D eigenvalue weighted by Gasteiger charge is -2.21. The highest BCUT2D eigenvalue weighted by molar-refractivity contribution is 5.97. The van der Waals surface area contributed by atoms with E-state index in [0.29, 0.717) is 18.7 Å². The summed E-state index contributed by atoms with van der Waals surface area (Å²) in [4.78, 5) is 29.2. The van der Waals surface area contributed by atoms with Crippen LogP contribution >= 0.6 is 0 Å². The van der Waals surface area contributed by atoms with Crippen LogP contribution in [0.1, 0.15) is 33.2 Å². The van der Waals surface area contributed by atoms with Gasteiger partial charge in [0.1, 0.15) is 0 Å². The Labute approximate surface area is 129 Å². The number of hydrogen-bond donors (Lipinski definition) is 1. The van der Waals surface area contributed by atoms with Gasteiger partial charge in [0.15, 0.2) is 0 Å². The average molecular weight is 298 g/mol. The highest BCUT2D eigenvalue weighted by Gasteiger charge is 2.15. The standard InChI is InChI=1S/C17H18N2O3/c1-2-19(11-8-13-6-9-18-10-7-13)16(20)14-4-3-5-15(12-14)17(21)22/h3-7,9-10,12H,2,8,11H2,1H3,(H,21,22). The highest BCUT2D eigenvalue weighted by Crippen LogP contribution is 2.10. The van der Waals surface area contributed by atoms with Crippen LogP contribution in [0, 0.1) is 0 Å². The molecule has 5 nitrogen and oxygen atoms in total. The van der Waals surface area contributed by atoms with Crippen LogP contribution in [0.2, 0.25) is 0 Å². The van der Waals surface area contributed by atoms with E-state index in [-0.39, 0.29) is 11.5 Å². The summed E-state index contributed by atoms with van der Waals surface area (Å²) in [6.07, 6.45) is 4.19. The van der Waals surface area contributed by atoms with E-state index < -0.39 is 5.97 Å². The third kappa shape index (κ3) is 3.91. The Balaban J connectivity index is 2.08. The third-order valence-corrected chi connectivity index (χ3v) is 3.45. The molecule has 0 radical (unpaired) electrons. The Morgan fingerprint density at radius 3 is 2.45 bits per heavy atom. The van der Waals surface area contributed by atoms with E-state index in [1.54, 1.807) is 29.4 Å². The van der Waals surface area contributed by atoms with E-state index in [4.69, 9.17) is 5.11 Å². The molecule has 0 unspecified atom stereocenters. The summed E-state index contributed by atoms with van der Waals surface area (Å²) in [7, 11) is 0. The molecular weight excluding hydrogens is 280 g/mol. The summed E-state index contributed by atoms with van der Waals surface area (Å²) >= 11 is 0. The molecule has 0 spiro atoms. The number of aromatic carboxylic acids is 1. The van der Waals surface area contributed by atoms with Gasteiger partial charge < -0.3 is 10.0 Å². The SMILES string of the molecule is CCN(CCc1ccncc1)C(=O)c1cccc(C(=O)O)c1. The molecule has 0 bridgehead atoms. The van der Waals surface area contributed by atoms with Gasteiger partial charge in [0.05, 0.1) is 5.56 Å². The van der Waals surface area contributed by atoms with Gasteiger partial charge in [-0.15, -0.1) is 0 Å². The maximum absolute atomic E-state index is 12.5. The van der Waals surface area contributed by atoms with Crippen molar-refractivity contribution in [2.24, 2.45) is 0 Å². The van der Waals surface area contributed by atoms with Gasteiger partial charge in [0.2, 0.25) is 0 Å². The molecule has 22 heavy (non-hydrogen) atoms. The minimum absolute atomic E-state index is 0.121. The highest BCUT2D eigenvalue weighted by atomic mass is 16.4. The fourth-order valence-electron chi connectivity index (χ4n) is 2.18. The maximum atomic E-state index is 12.5. The summed E-state index contributed by atoms with van der Waals surface area (Å²) in [6, 6.07) is 9.97. The lowest BCUT2D eigenvalue weighted by molar-refractivity contribution is 0.0697. The quantitative estimate of drug-likeness (QED) is 0.889. The number of carbonyl (C=O) groups excluding carboxylic acids is 1. The fraction of sp³-hybridized carbons (Fsp3) is 0.235. The number of aromatic nitrogens is 1. The van der Waals surface area contributed by atoms with Crippen molar-refractivity contribution >= 4 is 11.9 Å². The van der Waals surface area contributed by atoms with E-state index in [9.17, 15) is 9.59 Å². The lowest BCUT2D eigenvalue weighted by atomic mass is 10.1. The number of likely N-dealkylation sites (N-methyl/N-ethyl adjacent to an activating group) is 1. The van der Waals surface area contributed by atoms with E-state index in [0.717, 1.165) is 12.0 Å². The minimum Gasteiger partial charge on any atom is -0.478 e. The first-order valence-corrected chi connectivity index (χ1v) is 7.13. The van der Waals surface area contributed by atoms with Crippen LogP contribution in [0.5, 0.6) is 0 Å². The largest absolute Gasteiger partial charge is 0.478 e. The zero-order chi connectivity index (χ0) is 15.9. The van der Waals surface area contributed by atoms with Crippen LogP contribution in [0.4, 0.5) is 0 Å². The number of carbonyl (C=O) groups is 2. The van der Waals surface area contributed by atoms with Gasteiger partial charge in [0, 0.05) is 31.0 Å². The first kappa shape index (κ1) is 15.7. The lowest BCUT2D eigenvalue weighted by Crippen LogP contribution is -2.32.